The first-order valence-corrected chi connectivity index (χ1v) is 9.74. The van der Waals surface area contributed by atoms with Crippen LogP contribution in [-0.4, -0.2) is 56.3 Å². The van der Waals surface area contributed by atoms with Crippen molar-refractivity contribution in [3.05, 3.63) is 0 Å². The minimum absolute atomic E-state index is 0.114. The molecule has 0 aromatic rings. The van der Waals surface area contributed by atoms with Crippen molar-refractivity contribution in [2.45, 2.75) is 77.5 Å². The van der Waals surface area contributed by atoms with Crippen LogP contribution in [0.4, 0.5) is 0 Å². The number of unbranched alkanes of at least 4 members (excludes halogenated alkanes) is 1. The second-order valence-corrected chi connectivity index (χ2v) is 8.27. The van der Waals surface area contributed by atoms with E-state index in [4.69, 9.17) is 0 Å². The van der Waals surface area contributed by atoms with Gasteiger partial charge in [0.15, 0.2) is 9.84 Å². The number of nitrogens with zero attached hydrogens (tertiary/aromatic N) is 3. The molecular weight excluding hydrogens is 250 g/mol. The lowest BCUT2D eigenvalue weighted by Gasteiger charge is -2.58. The zero-order valence-electron chi connectivity index (χ0n) is 13.3. The van der Waals surface area contributed by atoms with Crippen molar-refractivity contribution in [3.63, 3.8) is 0 Å². The molecule has 2 rings (SSSR count). The molecule has 2 aliphatic rings. The number of hydrogen-bond donors (Lipinski definition) is 0. The van der Waals surface area contributed by atoms with Crippen LogP contribution in [0.15, 0.2) is 0 Å². The van der Waals surface area contributed by atoms with Crippen molar-refractivity contribution >= 4 is 9.84 Å². The standard InChI is InChI=1S/C15H33N3Si/c1-4-6-13-17-15(16(3)12-5-2)18(19-17)14-10-8-7-9-11-14/h14-15H,4-13,19H2,1-3H3. The van der Waals surface area contributed by atoms with Gasteiger partial charge in [-0.25, -0.2) is 0 Å². The van der Waals surface area contributed by atoms with Crippen LogP contribution in [0.2, 0.25) is 0 Å². The van der Waals surface area contributed by atoms with E-state index in [0.29, 0.717) is 6.29 Å². The molecule has 0 aromatic carbocycles. The molecule has 4 heteroatoms. The van der Waals surface area contributed by atoms with E-state index in [9.17, 15) is 0 Å². The Morgan fingerprint density at radius 3 is 2.47 bits per heavy atom. The van der Waals surface area contributed by atoms with Crippen LogP contribution < -0.4 is 0 Å². The van der Waals surface area contributed by atoms with E-state index in [1.807, 2.05) is 0 Å². The summed E-state index contributed by atoms with van der Waals surface area (Å²) < 4.78 is 5.72. The van der Waals surface area contributed by atoms with Gasteiger partial charge in [0.2, 0.25) is 0 Å². The predicted octanol–water partition coefficient (Wildman–Crippen LogP) is 2.36. The van der Waals surface area contributed by atoms with E-state index in [2.05, 4.69) is 34.9 Å². The fourth-order valence-corrected chi connectivity index (χ4v) is 6.10. The van der Waals surface area contributed by atoms with Gasteiger partial charge < -0.3 is 0 Å². The van der Waals surface area contributed by atoms with Gasteiger partial charge in [0, 0.05) is 12.6 Å². The molecule has 0 radical (unpaired) electrons. The minimum atomic E-state index is -0.114. The quantitative estimate of drug-likeness (QED) is 0.664. The topological polar surface area (TPSA) is 9.72 Å². The van der Waals surface area contributed by atoms with Gasteiger partial charge in [-0.15, -0.1) is 0 Å². The first-order chi connectivity index (χ1) is 9.27. The lowest BCUT2D eigenvalue weighted by molar-refractivity contribution is -0.0568. The molecular formula is C15H33N3Si. The fraction of sp³-hybridized carbons (Fsp3) is 1.00. The second kappa shape index (κ2) is 7.77. The van der Waals surface area contributed by atoms with Crippen molar-refractivity contribution < 1.29 is 0 Å². The van der Waals surface area contributed by atoms with E-state index in [-0.39, 0.29) is 9.84 Å². The van der Waals surface area contributed by atoms with Crippen molar-refractivity contribution in [1.29, 1.82) is 0 Å². The average Bonchev–Trinajstić information content (AvgIpc) is 2.39. The van der Waals surface area contributed by atoms with Crippen LogP contribution in [0.25, 0.3) is 0 Å². The third-order valence-corrected chi connectivity index (χ3v) is 6.96. The fourth-order valence-electron chi connectivity index (χ4n) is 3.73. The van der Waals surface area contributed by atoms with Crippen LogP contribution in [0.5, 0.6) is 0 Å². The normalized spacial score (nSPS) is 28.1. The summed E-state index contributed by atoms with van der Waals surface area (Å²) in [5.41, 5.74) is 0. The highest BCUT2D eigenvalue weighted by Crippen LogP contribution is 2.30. The molecule has 3 nitrogen and oxygen atoms in total. The van der Waals surface area contributed by atoms with Gasteiger partial charge in [0.05, 0.1) is 0 Å². The third-order valence-electron chi connectivity index (χ3n) is 4.78. The lowest BCUT2D eigenvalue weighted by atomic mass is 9.95. The molecule has 1 unspecified atom stereocenters. The SMILES string of the molecule is CCCCN1[SiH2]N(C2CCCCC2)C1N(C)CCC. The minimum Gasteiger partial charge on any atom is -0.289 e. The van der Waals surface area contributed by atoms with E-state index >= 15 is 0 Å². The molecule has 112 valence electrons. The smallest absolute Gasteiger partial charge is 0.177 e. The molecule has 0 bridgehead atoms. The molecule has 0 amide bonds. The number of hydrogen-bond acceptors (Lipinski definition) is 3. The highest BCUT2D eigenvalue weighted by Gasteiger charge is 2.42. The van der Waals surface area contributed by atoms with Gasteiger partial charge in [-0.1, -0.05) is 39.5 Å². The Morgan fingerprint density at radius 2 is 1.84 bits per heavy atom. The molecule has 2 fully saturated rings. The number of rotatable bonds is 7. The molecule has 0 N–H and O–H groups in total. The van der Waals surface area contributed by atoms with Crippen LogP contribution in [-0.2, 0) is 0 Å². The molecule has 1 heterocycles. The van der Waals surface area contributed by atoms with E-state index in [0.717, 1.165) is 6.04 Å². The molecule has 0 aromatic heterocycles. The third kappa shape index (κ3) is 3.81. The van der Waals surface area contributed by atoms with Crippen LogP contribution in [0.1, 0.15) is 65.2 Å². The van der Waals surface area contributed by atoms with Crippen molar-refractivity contribution in [3.8, 4) is 0 Å². The van der Waals surface area contributed by atoms with Gasteiger partial charge in [-0.3, -0.25) is 14.0 Å². The summed E-state index contributed by atoms with van der Waals surface area (Å²) in [5.74, 6) is 0. The van der Waals surface area contributed by atoms with E-state index in [1.165, 1.54) is 64.5 Å². The zero-order valence-corrected chi connectivity index (χ0v) is 14.7. The average molecular weight is 284 g/mol. The molecule has 1 atom stereocenters. The zero-order chi connectivity index (χ0) is 13.7. The van der Waals surface area contributed by atoms with Gasteiger partial charge in [0.25, 0.3) is 0 Å². The lowest BCUT2D eigenvalue weighted by Crippen LogP contribution is -2.74. The van der Waals surface area contributed by atoms with Gasteiger partial charge in [0.1, 0.15) is 6.29 Å². The molecule has 1 saturated carbocycles. The second-order valence-electron chi connectivity index (χ2n) is 6.44. The van der Waals surface area contributed by atoms with Crippen LogP contribution >= 0.6 is 0 Å². The summed E-state index contributed by atoms with van der Waals surface area (Å²) in [6.45, 7) is 7.19. The Bertz CT molecular complexity index is 256. The maximum absolute atomic E-state index is 2.91. The first kappa shape index (κ1) is 15.5. The molecule has 1 saturated heterocycles. The van der Waals surface area contributed by atoms with Gasteiger partial charge >= 0.3 is 0 Å². The Kier molecular flexibility index (Phi) is 6.33. The molecule has 1 aliphatic carbocycles. The Labute approximate surface area is 122 Å². The van der Waals surface area contributed by atoms with Gasteiger partial charge in [-0.05, 0) is 39.3 Å². The summed E-state index contributed by atoms with van der Waals surface area (Å²) in [5, 5.41) is 0. The summed E-state index contributed by atoms with van der Waals surface area (Å²) >= 11 is 0. The highest BCUT2D eigenvalue weighted by atomic mass is 28.2. The molecule has 0 spiro atoms. The van der Waals surface area contributed by atoms with Crippen LogP contribution in [0.3, 0.4) is 0 Å². The first-order valence-electron chi connectivity index (χ1n) is 8.48. The molecule has 19 heavy (non-hydrogen) atoms. The summed E-state index contributed by atoms with van der Waals surface area (Å²) in [4.78, 5) is 2.60. The Morgan fingerprint density at radius 1 is 1.11 bits per heavy atom. The summed E-state index contributed by atoms with van der Waals surface area (Å²) in [6, 6.07) is 0.919. The van der Waals surface area contributed by atoms with Crippen LogP contribution in [0, 0.1) is 0 Å². The summed E-state index contributed by atoms with van der Waals surface area (Å²) in [7, 11) is 2.22. The van der Waals surface area contributed by atoms with Crippen molar-refractivity contribution in [1.82, 2.24) is 14.0 Å². The Balaban J connectivity index is 1.91. The molecule has 1 aliphatic heterocycles. The maximum atomic E-state index is 2.91. The Hall–Kier alpha value is 0.0969. The predicted molar refractivity (Wildman–Crippen MR) is 85.6 cm³/mol. The highest BCUT2D eigenvalue weighted by molar-refractivity contribution is 6.32. The monoisotopic (exact) mass is 283 g/mol. The van der Waals surface area contributed by atoms with E-state index in [1.54, 1.807) is 0 Å². The van der Waals surface area contributed by atoms with Gasteiger partial charge in [-0.2, -0.15) is 0 Å². The van der Waals surface area contributed by atoms with Crippen molar-refractivity contribution in [2.75, 3.05) is 20.1 Å². The van der Waals surface area contributed by atoms with E-state index < -0.39 is 0 Å². The maximum Gasteiger partial charge on any atom is 0.177 e. The van der Waals surface area contributed by atoms with Crippen molar-refractivity contribution in [2.24, 2.45) is 0 Å². The largest absolute Gasteiger partial charge is 0.289 e. The summed E-state index contributed by atoms with van der Waals surface area (Å²) in [6.07, 6.45) is 12.0.